The maximum Gasteiger partial charge on any atom is 0.0991 e. The number of hydrogen-bond acceptors (Lipinski definition) is 2. The Hall–Kier alpha value is -8.44. The Morgan fingerprint density at radius 1 is 0.323 bits per heavy atom. The lowest BCUT2D eigenvalue weighted by Gasteiger charge is -2.21. The van der Waals surface area contributed by atoms with E-state index >= 15 is 0 Å². The summed E-state index contributed by atoms with van der Waals surface area (Å²) in [5, 5.41) is 24.4. The quantitative estimate of drug-likeness (QED) is 0.168. The van der Waals surface area contributed by atoms with E-state index in [-0.39, 0.29) is 0 Å². The van der Waals surface area contributed by atoms with Gasteiger partial charge >= 0.3 is 0 Å². The average molecular weight is 791 g/mol. The minimum absolute atomic E-state index is 0.607. The zero-order valence-corrected chi connectivity index (χ0v) is 34.3. The van der Waals surface area contributed by atoms with Gasteiger partial charge in [0, 0.05) is 32.7 Å². The molecule has 62 heavy (non-hydrogen) atoms. The van der Waals surface area contributed by atoms with Crippen LogP contribution in [0.1, 0.15) is 22.3 Å². The molecule has 9 aromatic carbocycles. The Balaban J connectivity index is 1.28. The summed E-state index contributed by atoms with van der Waals surface area (Å²) >= 11 is 0. The van der Waals surface area contributed by atoms with Crippen LogP contribution >= 0.6 is 0 Å². The van der Waals surface area contributed by atoms with Crippen molar-refractivity contribution in [1.82, 2.24) is 9.13 Å². The van der Waals surface area contributed by atoms with Crippen LogP contribution in [0.15, 0.2) is 194 Å². The fraction of sp³-hybridized carbons (Fsp3) is 0.0345. The monoisotopic (exact) mass is 790 g/mol. The first-order valence-electron chi connectivity index (χ1n) is 20.9. The van der Waals surface area contributed by atoms with Gasteiger partial charge in [-0.3, -0.25) is 0 Å². The van der Waals surface area contributed by atoms with Crippen molar-refractivity contribution in [2.24, 2.45) is 0 Å². The summed E-state index contributed by atoms with van der Waals surface area (Å²) in [7, 11) is 0. The summed E-state index contributed by atoms with van der Waals surface area (Å²) < 4.78 is 4.84. The summed E-state index contributed by atoms with van der Waals surface area (Å²) in [5.41, 5.74) is 18.8. The molecule has 0 atom stereocenters. The number of benzene rings is 9. The second kappa shape index (κ2) is 14.7. The molecule has 0 bridgehead atoms. The van der Waals surface area contributed by atoms with Crippen LogP contribution in [-0.2, 0) is 0 Å². The molecule has 2 heterocycles. The molecule has 0 aliphatic carbocycles. The van der Waals surface area contributed by atoms with Crippen molar-refractivity contribution in [2.75, 3.05) is 0 Å². The summed E-state index contributed by atoms with van der Waals surface area (Å²) in [4.78, 5) is 0. The van der Waals surface area contributed by atoms with Crippen molar-refractivity contribution in [1.29, 1.82) is 10.5 Å². The first-order chi connectivity index (χ1) is 30.4. The number of hydrogen-bond donors (Lipinski definition) is 0. The minimum atomic E-state index is 0.607. The highest BCUT2D eigenvalue weighted by Crippen LogP contribution is 2.45. The standard InChI is InChI=1S/C58H38N4/c1-37-13-25-53-49(29-37)51-31-45(41-9-5-3-6-10-41)23-27-55(51)61(53)57-34-58(48(44-21-17-40(36-60)18-22-44)33-47(57)43-19-15-39(35-59)16-20-43)62-54-26-14-38(2)30-50(54)52-32-46(24-28-56(52)62)42-11-7-4-8-12-42/h3-34H,1-2H3. The molecule has 0 spiro atoms. The van der Waals surface area contributed by atoms with E-state index in [1.165, 1.54) is 54.9 Å². The third kappa shape index (κ3) is 6.05. The highest BCUT2D eigenvalue weighted by molar-refractivity contribution is 6.13. The molecule has 0 unspecified atom stereocenters. The predicted octanol–water partition coefficient (Wildman–Crippen LogP) is 14.9. The van der Waals surface area contributed by atoms with Crippen LogP contribution in [0.25, 0.3) is 99.5 Å². The highest BCUT2D eigenvalue weighted by Gasteiger charge is 2.23. The normalized spacial score (nSPS) is 11.4. The lowest BCUT2D eigenvalue weighted by Crippen LogP contribution is -2.04. The first-order valence-corrected chi connectivity index (χ1v) is 20.9. The van der Waals surface area contributed by atoms with Crippen LogP contribution in [0.4, 0.5) is 0 Å². The van der Waals surface area contributed by atoms with Crippen LogP contribution in [0.5, 0.6) is 0 Å². The molecule has 290 valence electrons. The number of nitrogens with zero attached hydrogens (tertiary/aromatic N) is 4. The van der Waals surface area contributed by atoms with Gasteiger partial charge in [-0.05, 0) is 132 Å². The second-order valence-electron chi connectivity index (χ2n) is 16.2. The smallest absolute Gasteiger partial charge is 0.0991 e. The highest BCUT2D eigenvalue weighted by atomic mass is 15.0. The van der Waals surface area contributed by atoms with E-state index in [4.69, 9.17) is 0 Å². The Morgan fingerprint density at radius 2 is 0.677 bits per heavy atom. The topological polar surface area (TPSA) is 57.4 Å². The third-order valence-electron chi connectivity index (χ3n) is 12.3. The van der Waals surface area contributed by atoms with Gasteiger partial charge in [-0.2, -0.15) is 10.5 Å². The van der Waals surface area contributed by atoms with Crippen molar-refractivity contribution >= 4 is 43.6 Å². The SMILES string of the molecule is Cc1ccc2c(c1)c1cc(-c3ccccc3)ccc1n2-c1cc(-n2c3ccc(C)cc3c3cc(-c4ccccc4)ccc32)c(-c2ccc(C#N)cc2)cc1-c1ccc(C#N)cc1. The van der Waals surface area contributed by atoms with Crippen LogP contribution in [0, 0.1) is 36.5 Å². The molecule has 11 aromatic rings. The number of rotatable bonds is 6. The molecular weight excluding hydrogens is 753 g/mol. The van der Waals surface area contributed by atoms with E-state index in [0.29, 0.717) is 11.1 Å². The summed E-state index contributed by atoms with van der Waals surface area (Å²) in [6.45, 7) is 4.31. The van der Waals surface area contributed by atoms with Gasteiger partial charge < -0.3 is 9.13 Å². The molecule has 2 aromatic heterocycles. The fourth-order valence-corrected chi connectivity index (χ4v) is 9.27. The van der Waals surface area contributed by atoms with Crippen LogP contribution in [-0.4, -0.2) is 9.13 Å². The van der Waals surface area contributed by atoms with Crippen LogP contribution in [0.2, 0.25) is 0 Å². The van der Waals surface area contributed by atoms with Crippen molar-refractivity contribution < 1.29 is 0 Å². The van der Waals surface area contributed by atoms with E-state index in [0.717, 1.165) is 55.7 Å². The van der Waals surface area contributed by atoms with Gasteiger partial charge in [0.25, 0.3) is 0 Å². The second-order valence-corrected chi connectivity index (χ2v) is 16.2. The molecule has 11 rings (SSSR count). The summed E-state index contributed by atoms with van der Waals surface area (Å²) in [5.74, 6) is 0. The molecule has 4 nitrogen and oxygen atoms in total. The van der Waals surface area contributed by atoms with Crippen molar-refractivity contribution in [3.63, 3.8) is 0 Å². The van der Waals surface area contributed by atoms with Crippen molar-refractivity contribution in [3.8, 4) is 68.0 Å². The fourth-order valence-electron chi connectivity index (χ4n) is 9.27. The molecule has 0 amide bonds. The van der Waals surface area contributed by atoms with E-state index in [1.54, 1.807) is 0 Å². The molecule has 0 N–H and O–H groups in total. The molecule has 0 saturated heterocycles. The zero-order chi connectivity index (χ0) is 41.9. The molecule has 0 radical (unpaired) electrons. The number of aromatic nitrogens is 2. The maximum absolute atomic E-state index is 9.84. The molecule has 0 fully saturated rings. The van der Waals surface area contributed by atoms with E-state index in [2.05, 4.69) is 205 Å². The number of fused-ring (bicyclic) bond motifs is 6. The van der Waals surface area contributed by atoms with E-state index < -0.39 is 0 Å². The Labute approximate surface area is 360 Å². The van der Waals surface area contributed by atoms with Gasteiger partial charge in [0.1, 0.15) is 0 Å². The van der Waals surface area contributed by atoms with Crippen LogP contribution < -0.4 is 0 Å². The summed E-state index contributed by atoms with van der Waals surface area (Å²) in [6, 6.07) is 73.4. The number of nitriles is 2. The van der Waals surface area contributed by atoms with Gasteiger partial charge in [0.2, 0.25) is 0 Å². The Kier molecular flexibility index (Phi) is 8.67. The van der Waals surface area contributed by atoms with Gasteiger partial charge in [0.05, 0.1) is 56.7 Å². The van der Waals surface area contributed by atoms with Crippen molar-refractivity contribution in [2.45, 2.75) is 13.8 Å². The van der Waals surface area contributed by atoms with Gasteiger partial charge in [-0.25, -0.2) is 0 Å². The lowest BCUT2D eigenvalue weighted by atomic mass is 9.94. The zero-order valence-electron chi connectivity index (χ0n) is 34.3. The Morgan fingerprint density at radius 3 is 1.06 bits per heavy atom. The van der Waals surface area contributed by atoms with Gasteiger partial charge in [-0.1, -0.05) is 120 Å². The largest absolute Gasteiger partial charge is 0.309 e. The maximum atomic E-state index is 9.84. The first kappa shape index (κ1) is 36.6. The molecular formula is C58H38N4. The molecule has 0 saturated carbocycles. The van der Waals surface area contributed by atoms with Gasteiger partial charge in [0.15, 0.2) is 0 Å². The van der Waals surface area contributed by atoms with Crippen LogP contribution in [0.3, 0.4) is 0 Å². The molecule has 4 heteroatoms. The molecule has 0 aliphatic heterocycles. The third-order valence-corrected chi connectivity index (χ3v) is 12.3. The number of aryl methyl sites for hydroxylation is 2. The van der Waals surface area contributed by atoms with Gasteiger partial charge in [-0.15, -0.1) is 0 Å². The van der Waals surface area contributed by atoms with E-state index in [9.17, 15) is 10.5 Å². The minimum Gasteiger partial charge on any atom is -0.309 e. The predicted molar refractivity (Wildman–Crippen MR) is 256 cm³/mol. The average Bonchev–Trinajstić information content (AvgIpc) is 3.82. The van der Waals surface area contributed by atoms with E-state index in [1.807, 2.05) is 24.3 Å². The van der Waals surface area contributed by atoms with Crippen molar-refractivity contribution in [3.05, 3.63) is 216 Å². The lowest BCUT2D eigenvalue weighted by molar-refractivity contribution is 1.14. The summed E-state index contributed by atoms with van der Waals surface area (Å²) in [6.07, 6.45) is 0. The Bertz CT molecular complexity index is 3390. The molecule has 0 aliphatic rings.